The van der Waals surface area contributed by atoms with Crippen molar-refractivity contribution in [2.24, 2.45) is 11.8 Å². The van der Waals surface area contributed by atoms with Crippen molar-refractivity contribution in [2.45, 2.75) is 51.1 Å². The minimum Gasteiger partial charge on any atom is -0.387 e. The van der Waals surface area contributed by atoms with E-state index in [9.17, 15) is 20.4 Å². The van der Waals surface area contributed by atoms with Gasteiger partial charge < -0.3 is 20.4 Å². The van der Waals surface area contributed by atoms with Gasteiger partial charge in [-0.1, -0.05) is 13.8 Å². The van der Waals surface area contributed by atoms with E-state index in [0.717, 1.165) is 0 Å². The Morgan fingerprint density at radius 3 is 2.14 bits per heavy atom. The van der Waals surface area contributed by atoms with Crippen molar-refractivity contribution in [1.29, 1.82) is 0 Å². The van der Waals surface area contributed by atoms with Crippen LogP contribution in [0.3, 0.4) is 0 Å². The average molecular weight is 204 g/mol. The van der Waals surface area contributed by atoms with Crippen molar-refractivity contribution in [1.82, 2.24) is 0 Å². The van der Waals surface area contributed by atoms with Crippen LogP contribution < -0.4 is 0 Å². The molecule has 3 atom stereocenters. The van der Waals surface area contributed by atoms with Gasteiger partial charge in [0.15, 0.2) is 0 Å². The first-order chi connectivity index (χ1) is 6.20. The third kappa shape index (κ3) is 1.67. The first-order valence-corrected chi connectivity index (χ1v) is 5.05. The van der Waals surface area contributed by atoms with Crippen LogP contribution in [0.4, 0.5) is 0 Å². The van der Waals surface area contributed by atoms with E-state index < -0.39 is 17.5 Å². The third-order valence-electron chi connectivity index (χ3n) is 3.43. The molecule has 0 amide bonds. The number of hydrogen-bond donors (Lipinski definition) is 4. The fraction of sp³-hybridized carbons (Fsp3) is 1.00. The van der Waals surface area contributed by atoms with Crippen LogP contribution in [0.2, 0.25) is 0 Å². The summed E-state index contributed by atoms with van der Waals surface area (Å²) in [6.07, 6.45) is -0.388. The van der Waals surface area contributed by atoms with Crippen LogP contribution in [0, 0.1) is 11.8 Å². The molecule has 1 fully saturated rings. The Balaban J connectivity index is 2.89. The Morgan fingerprint density at radius 2 is 1.71 bits per heavy atom. The van der Waals surface area contributed by atoms with Crippen molar-refractivity contribution in [3.05, 3.63) is 0 Å². The molecule has 0 aromatic heterocycles. The fourth-order valence-electron chi connectivity index (χ4n) is 2.10. The number of aliphatic hydroxyl groups excluding tert-OH is 1. The largest absolute Gasteiger partial charge is 0.387 e. The molecule has 1 rings (SSSR count). The summed E-state index contributed by atoms with van der Waals surface area (Å²) in [5.74, 6) is -2.41. The zero-order valence-corrected chi connectivity index (χ0v) is 8.94. The average Bonchev–Trinajstić information content (AvgIpc) is 2.00. The summed E-state index contributed by atoms with van der Waals surface area (Å²) in [4.78, 5) is 0. The van der Waals surface area contributed by atoms with Crippen molar-refractivity contribution >= 4 is 0 Å². The molecule has 4 nitrogen and oxygen atoms in total. The lowest BCUT2D eigenvalue weighted by atomic mass is 9.69. The molecule has 1 saturated carbocycles. The van der Waals surface area contributed by atoms with E-state index in [1.54, 1.807) is 0 Å². The Labute approximate surface area is 84.2 Å². The van der Waals surface area contributed by atoms with Crippen LogP contribution in [0.15, 0.2) is 0 Å². The summed E-state index contributed by atoms with van der Waals surface area (Å²) in [5, 5.41) is 38.7. The van der Waals surface area contributed by atoms with Gasteiger partial charge in [0.05, 0.1) is 0 Å². The number of hydrogen-bond acceptors (Lipinski definition) is 4. The standard InChI is InChI=1S/C10H20O4/c1-6(2)7-4-5-9(3,12)10(13,14)8(7)11/h6-8,11-14H,4-5H2,1-3H3. The molecule has 3 unspecified atom stereocenters. The summed E-state index contributed by atoms with van der Waals surface area (Å²) >= 11 is 0. The summed E-state index contributed by atoms with van der Waals surface area (Å²) in [6, 6.07) is 0. The van der Waals surface area contributed by atoms with Gasteiger partial charge in [-0.15, -0.1) is 0 Å². The van der Waals surface area contributed by atoms with E-state index in [2.05, 4.69) is 0 Å². The first-order valence-electron chi connectivity index (χ1n) is 5.05. The molecule has 0 heterocycles. The lowest BCUT2D eigenvalue weighted by Crippen LogP contribution is -2.65. The quantitative estimate of drug-likeness (QED) is 0.448. The van der Waals surface area contributed by atoms with Crippen molar-refractivity contribution in [3.8, 4) is 0 Å². The monoisotopic (exact) mass is 204 g/mol. The van der Waals surface area contributed by atoms with Crippen LogP contribution in [-0.2, 0) is 0 Å². The van der Waals surface area contributed by atoms with Crippen molar-refractivity contribution in [2.75, 3.05) is 0 Å². The molecule has 0 radical (unpaired) electrons. The van der Waals surface area contributed by atoms with Gasteiger partial charge >= 0.3 is 0 Å². The maximum Gasteiger partial charge on any atom is 0.219 e. The Hall–Kier alpha value is -0.160. The molecule has 14 heavy (non-hydrogen) atoms. The van der Waals surface area contributed by atoms with Crippen molar-refractivity contribution in [3.63, 3.8) is 0 Å². The van der Waals surface area contributed by atoms with Gasteiger partial charge in [0.1, 0.15) is 11.7 Å². The van der Waals surface area contributed by atoms with Gasteiger partial charge in [0, 0.05) is 0 Å². The van der Waals surface area contributed by atoms with Crippen LogP contribution in [0.25, 0.3) is 0 Å². The van der Waals surface area contributed by atoms with Crippen LogP contribution in [0.1, 0.15) is 33.6 Å². The highest BCUT2D eigenvalue weighted by Crippen LogP contribution is 2.41. The lowest BCUT2D eigenvalue weighted by Gasteiger charge is -2.48. The van der Waals surface area contributed by atoms with Gasteiger partial charge in [-0.2, -0.15) is 0 Å². The van der Waals surface area contributed by atoms with Gasteiger partial charge in [0.25, 0.3) is 0 Å². The summed E-state index contributed by atoms with van der Waals surface area (Å²) in [7, 11) is 0. The van der Waals surface area contributed by atoms with Gasteiger partial charge in [-0.25, -0.2) is 0 Å². The molecule has 0 saturated heterocycles. The molecule has 1 aliphatic carbocycles. The number of aliphatic hydroxyl groups is 4. The fourth-order valence-corrected chi connectivity index (χ4v) is 2.10. The third-order valence-corrected chi connectivity index (χ3v) is 3.43. The Morgan fingerprint density at radius 1 is 1.21 bits per heavy atom. The normalized spacial score (nSPS) is 42.9. The second kappa shape index (κ2) is 3.45. The van der Waals surface area contributed by atoms with Crippen LogP contribution in [0.5, 0.6) is 0 Å². The van der Waals surface area contributed by atoms with Gasteiger partial charge in [0.2, 0.25) is 5.79 Å². The zero-order chi connectivity index (χ0) is 11.1. The topological polar surface area (TPSA) is 80.9 Å². The van der Waals surface area contributed by atoms with E-state index >= 15 is 0 Å². The maximum atomic E-state index is 9.74. The Bertz CT molecular complexity index is 210. The predicted molar refractivity (Wildman–Crippen MR) is 51.4 cm³/mol. The molecular weight excluding hydrogens is 184 g/mol. The predicted octanol–water partition coefficient (Wildman–Crippen LogP) is -0.155. The van der Waals surface area contributed by atoms with Crippen molar-refractivity contribution < 1.29 is 20.4 Å². The van der Waals surface area contributed by atoms with Gasteiger partial charge in [-0.05, 0) is 31.6 Å². The Kier molecular flexibility index (Phi) is 2.94. The molecule has 0 aromatic carbocycles. The maximum absolute atomic E-state index is 9.74. The molecular formula is C10H20O4. The van der Waals surface area contributed by atoms with E-state index in [0.29, 0.717) is 12.8 Å². The zero-order valence-electron chi connectivity index (χ0n) is 8.94. The smallest absolute Gasteiger partial charge is 0.219 e. The molecule has 84 valence electrons. The minimum atomic E-state index is -2.40. The molecule has 0 bridgehead atoms. The second-order valence-electron chi connectivity index (χ2n) is 4.89. The SMILES string of the molecule is CC(C)C1CCC(C)(O)C(O)(O)C1O. The minimum absolute atomic E-state index is 0.166. The van der Waals surface area contributed by atoms with E-state index in [1.165, 1.54) is 6.92 Å². The van der Waals surface area contributed by atoms with E-state index in [1.807, 2.05) is 13.8 Å². The van der Waals surface area contributed by atoms with Crippen LogP contribution in [-0.4, -0.2) is 37.9 Å². The molecule has 1 aliphatic rings. The first kappa shape index (κ1) is 11.9. The van der Waals surface area contributed by atoms with E-state index in [-0.39, 0.29) is 11.8 Å². The molecule has 0 aromatic rings. The molecule has 0 aliphatic heterocycles. The highest BCUT2D eigenvalue weighted by atomic mass is 16.5. The highest BCUT2D eigenvalue weighted by molar-refractivity contribution is 5.01. The summed E-state index contributed by atoms with van der Waals surface area (Å²) in [6.45, 7) is 5.18. The number of rotatable bonds is 1. The summed E-state index contributed by atoms with van der Waals surface area (Å²) < 4.78 is 0. The molecule has 0 spiro atoms. The van der Waals surface area contributed by atoms with Crippen LogP contribution >= 0.6 is 0 Å². The molecule has 4 heteroatoms. The molecule has 4 N–H and O–H groups in total. The highest BCUT2D eigenvalue weighted by Gasteiger charge is 2.56. The van der Waals surface area contributed by atoms with Gasteiger partial charge in [-0.3, -0.25) is 0 Å². The van der Waals surface area contributed by atoms with E-state index in [4.69, 9.17) is 0 Å². The summed E-state index contributed by atoms with van der Waals surface area (Å²) in [5.41, 5.74) is -1.63. The second-order valence-corrected chi connectivity index (χ2v) is 4.89. The lowest BCUT2D eigenvalue weighted by molar-refractivity contribution is -0.338.